The molecule has 0 saturated carbocycles. The zero-order chi connectivity index (χ0) is 24.6. The molecule has 1 unspecified atom stereocenters. The van der Waals surface area contributed by atoms with E-state index in [1.165, 1.54) is 5.56 Å². The summed E-state index contributed by atoms with van der Waals surface area (Å²) in [6, 6.07) is 14.2. The van der Waals surface area contributed by atoms with Gasteiger partial charge in [-0.1, -0.05) is 51.5 Å². The summed E-state index contributed by atoms with van der Waals surface area (Å²) in [7, 11) is 0. The van der Waals surface area contributed by atoms with E-state index in [1.807, 2.05) is 23.1 Å². The highest BCUT2D eigenvalue weighted by Gasteiger charge is 2.53. The van der Waals surface area contributed by atoms with Crippen LogP contribution >= 0.6 is 0 Å². The highest BCUT2D eigenvalue weighted by Crippen LogP contribution is 2.35. The second-order valence-electron chi connectivity index (χ2n) is 10.7. The zero-order valence-electron chi connectivity index (χ0n) is 21.2. The summed E-state index contributed by atoms with van der Waals surface area (Å²) >= 11 is 0. The number of carbonyl (C=O) groups excluding carboxylic acids is 2. The van der Waals surface area contributed by atoms with Crippen LogP contribution in [0.4, 0.5) is 0 Å². The van der Waals surface area contributed by atoms with E-state index in [0.717, 1.165) is 54.4 Å². The Balaban J connectivity index is 1.32. The summed E-state index contributed by atoms with van der Waals surface area (Å²) in [6.07, 6.45) is 3.99. The minimum atomic E-state index is -0.707. The Hall–Kier alpha value is -2.86. The van der Waals surface area contributed by atoms with Gasteiger partial charge in [-0.15, -0.1) is 0 Å². The van der Waals surface area contributed by atoms with Gasteiger partial charge in [0.2, 0.25) is 11.8 Å². The molecule has 0 radical (unpaired) electrons. The highest BCUT2D eigenvalue weighted by atomic mass is 16.3. The standard InChI is InChI=1S/C29H37N3O3/c1-4-5-14-32-27(33)24(17-20(2)3)30-28(34)29(32)12-15-31(16-13-29)19-21-10-11-26-23(18-21)22-8-6-7-9-25(22)35-26/h6-11,18,20,24H,4-5,12-17,19H2,1-3H3,(H,30,34). The van der Waals surface area contributed by atoms with Gasteiger partial charge in [0.05, 0.1) is 0 Å². The number of amides is 2. The van der Waals surface area contributed by atoms with Crippen molar-refractivity contribution in [3.8, 4) is 0 Å². The molecule has 186 valence electrons. The SMILES string of the molecule is CCCCN1C(=O)C(CC(C)C)NC(=O)C12CCN(Cc1ccc3oc4ccccc4c3c1)CC2. The second-order valence-corrected chi connectivity index (χ2v) is 10.7. The van der Waals surface area contributed by atoms with Gasteiger partial charge in [0.1, 0.15) is 22.7 Å². The number of hydrogen-bond donors (Lipinski definition) is 1. The maximum Gasteiger partial charge on any atom is 0.246 e. The molecule has 6 heteroatoms. The molecule has 3 heterocycles. The number of likely N-dealkylation sites (tertiary alicyclic amines) is 1. The summed E-state index contributed by atoms with van der Waals surface area (Å²) in [5.41, 5.74) is 2.35. The van der Waals surface area contributed by atoms with Crippen molar-refractivity contribution >= 4 is 33.8 Å². The van der Waals surface area contributed by atoms with Gasteiger partial charge < -0.3 is 14.6 Å². The largest absolute Gasteiger partial charge is 0.456 e. The van der Waals surface area contributed by atoms with Crippen LogP contribution in [-0.4, -0.2) is 52.8 Å². The van der Waals surface area contributed by atoms with Crippen molar-refractivity contribution in [3.63, 3.8) is 0 Å². The number of para-hydroxylation sites is 1. The first kappa shape index (κ1) is 23.9. The number of carbonyl (C=O) groups is 2. The Bertz CT molecular complexity index is 1220. The van der Waals surface area contributed by atoms with E-state index in [9.17, 15) is 9.59 Å². The highest BCUT2D eigenvalue weighted by molar-refractivity contribution is 6.05. The molecule has 2 aliphatic heterocycles. The number of piperazine rings is 1. The summed E-state index contributed by atoms with van der Waals surface area (Å²) in [4.78, 5) is 31.3. The molecule has 1 atom stereocenters. The molecule has 2 aromatic carbocycles. The average molecular weight is 476 g/mol. The number of unbranched alkanes of at least 4 members (excludes halogenated alkanes) is 1. The van der Waals surface area contributed by atoms with Crippen molar-refractivity contribution < 1.29 is 14.0 Å². The maximum atomic E-state index is 13.5. The van der Waals surface area contributed by atoms with Crippen LogP contribution in [-0.2, 0) is 16.1 Å². The molecule has 1 aromatic heterocycles. The topological polar surface area (TPSA) is 65.8 Å². The fraction of sp³-hybridized carbons (Fsp3) is 0.517. The number of benzene rings is 2. The number of fused-ring (bicyclic) bond motifs is 3. The summed E-state index contributed by atoms with van der Waals surface area (Å²) < 4.78 is 5.98. The molecular formula is C29H37N3O3. The van der Waals surface area contributed by atoms with Crippen molar-refractivity contribution in [1.29, 1.82) is 0 Å². The van der Waals surface area contributed by atoms with Gasteiger partial charge in [0.15, 0.2) is 0 Å². The minimum Gasteiger partial charge on any atom is -0.456 e. The molecule has 6 nitrogen and oxygen atoms in total. The van der Waals surface area contributed by atoms with Crippen LogP contribution in [0, 0.1) is 5.92 Å². The number of nitrogens with one attached hydrogen (secondary N) is 1. The van der Waals surface area contributed by atoms with Gasteiger partial charge in [-0.2, -0.15) is 0 Å². The van der Waals surface area contributed by atoms with E-state index in [0.29, 0.717) is 31.7 Å². The Morgan fingerprint density at radius 1 is 1.06 bits per heavy atom. The Morgan fingerprint density at radius 3 is 2.54 bits per heavy atom. The van der Waals surface area contributed by atoms with Gasteiger partial charge in [0.25, 0.3) is 0 Å². The molecule has 2 fully saturated rings. The number of hydrogen-bond acceptors (Lipinski definition) is 4. The Labute approximate surface area is 207 Å². The zero-order valence-corrected chi connectivity index (χ0v) is 21.2. The molecule has 0 aliphatic carbocycles. The second kappa shape index (κ2) is 9.65. The molecule has 3 aromatic rings. The van der Waals surface area contributed by atoms with Crippen molar-refractivity contribution in [1.82, 2.24) is 15.1 Å². The molecule has 5 rings (SSSR count). The third-order valence-electron chi connectivity index (χ3n) is 7.78. The van der Waals surface area contributed by atoms with Crippen LogP contribution in [0.25, 0.3) is 21.9 Å². The van der Waals surface area contributed by atoms with E-state index in [-0.39, 0.29) is 17.9 Å². The van der Waals surface area contributed by atoms with E-state index in [2.05, 4.69) is 55.3 Å². The van der Waals surface area contributed by atoms with E-state index < -0.39 is 5.54 Å². The first-order chi connectivity index (χ1) is 16.9. The third-order valence-corrected chi connectivity index (χ3v) is 7.78. The van der Waals surface area contributed by atoms with Crippen molar-refractivity contribution in [2.75, 3.05) is 19.6 Å². The number of furan rings is 1. The van der Waals surface area contributed by atoms with E-state index in [1.54, 1.807) is 0 Å². The smallest absolute Gasteiger partial charge is 0.246 e. The third kappa shape index (κ3) is 4.44. The lowest BCUT2D eigenvalue weighted by molar-refractivity contribution is -0.161. The van der Waals surface area contributed by atoms with Gasteiger partial charge in [-0.05, 0) is 55.4 Å². The van der Waals surface area contributed by atoms with Crippen LogP contribution in [0.3, 0.4) is 0 Å². The number of piperidine rings is 1. The molecule has 1 N–H and O–H groups in total. The predicted molar refractivity (Wildman–Crippen MR) is 139 cm³/mol. The van der Waals surface area contributed by atoms with Crippen LogP contribution in [0.15, 0.2) is 46.9 Å². The molecule has 2 amide bonds. The molecule has 2 saturated heterocycles. The summed E-state index contributed by atoms with van der Waals surface area (Å²) in [5.74, 6) is 0.514. The normalized spacial score (nSPS) is 20.9. The van der Waals surface area contributed by atoms with Crippen LogP contribution in [0.1, 0.15) is 58.4 Å². The molecule has 0 bridgehead atoms. The van der Waals surface area contributed by atoms with Crippen LogP contribution in [0.2, 0.25) is 0 Å². The number of rotatable bonds is 7. The van der Waals surface area contributed by atoms with Crippen LogP contribution in [0.5, 0.6) is 0 Å². The number of nitrogens with zero attached hydrogens (tertiary/aromatic N) is 2. The Morgan fingerprint density at radius 2 is 1.80 bits per heavy atom. The summed E-state index contributed by atoms with van der Waals surface area (Å²) in [6.45, 7) is 9.42. The molecule has 1 spiro atoms. The lowest BCUT2D eigenvalue weighted by Crippen LogP contribution is -2.73. The van der Waals surface area contributed by atoms with Gasteiger partial charge >= 0.3 is 0 Å². The van der Waals surface area contributed by atoms with Crippen LogP contribution < -0.4 is 5.32 Å². The first-order valence-corrected chi connectivity index (χ1v) is 13.2. The van der Waals surface area contributed by atoms with E-state index >= 15 is 0 Å². The van der Waals surface area contributed by atoms with Crippen molar-refractivity contribution in [2.45, 2.75) is 71.0 Å². The monoisotopic (exact) mass is 475 g/mol. The average Bonchev–Trinajstić information content (AvgIpc) is 3.21. The Kier molecular flexibility index (Phi) is 6.58. The van der Waals surface area contributed by atoms with Gasteiger partial charge in [-0.3, -0.25) is 14.5 Å². The quantitative estimate of drug-likeness (QED) is 0.517. The summed E-state index contributed by atoms with van der Waals surface area (Å²) in [5, 5.41) is 5.39. The van der Waals surface area contributed by atoms with Crippen molar-refractivity contribution in [2.24, 2.45) is 5.92 Å². The lowest BCUT2D eigenvalue weighted by atomic mass is 9.80. The predicted octanol–water partition coefficient (Wildman–Crippen LogP) is 5.09. The molecular weight excluding hydrogens is 438 g/mol. The van der Waals surface area contributed by atoms with Crippen molar-refractivity contribution in [3.05, 3.63) is 48.0 Å². The molecule has 2 aliphatic rings. The fourth-order valence-corrected chi connectivity index (χ4v) is 5.86. The molecule has 35 heavy (non-hydrogen) atoms. The van der Waals surface area contributed by atoms with Gasteiger partial charge in [0, 0.05) is 37.0 Å². The lowest BCUT2D eigenvalue weighted by Gasteiger charge is -2.52. The minimum absolute atomic E-state index is 0.0461. The maximum absolute atomic E-state index is 13.5. The fourth-order valence-electron chi connectivity index (χ4n) is 5.86. The first-order valence-electron chi connectivity index (χ1n) is 13.2. The van der Waals surface area contributed by atoms with Gasteiger partial charge in [-0.25, -0.2) is 0 Å². The van der Waals surface area contributed by atoms with E-state index in [4.69, 9.17) is 4.42 Å².